The first-order chi connectivity index (χ1) is 10.4. The topological polar surface area (TPSA) is 119 Å². The Kier molecular flexibility index (Phi) is 4.63. The lowest BCUT2D eigenvalue weighted by Gasteiger charge is -2.36. The Balaban J connectivity index is 1.83. The number of hydrogen-bond donors (Lipinski definition) is 3. The number of aliphatic hydroxyl groups is 1. The van der Waals surface area contributed by atoms with E-state index in [-0.39, 0.29) is 25.3 Å². The Hall–Kier alpha value is -2.59. The van der Waals surface area contributed by atoms with Crippen molar-refractivity contribution in [2.24, 2.45) is 5.73 Å². The molecule has 0 radical (unpaired) electrons. The SMILES string of the molecule is N#Cc1ccc(NCC(=O)N2CCC(O)(C(N)=O)CC2)cc1. The number of nitriles is 1. The number of carbonyl (C=O) groups excluding carboxylic acids is 2. The average Bonchev–Trinajstić information content (AvgIpc) is 2.53. The maximum Gasteiger partial charge on any atom is 0.249 e. The number of rotatable bonds is 4. The summed E-state index contributed by atoms with van der Waals surface area (Å²) in [7, 11) is 0. The fraction of sp³-hybridized carbons (Fsp3) is 0.400. The van der Waals surface area contributed by atoms with E-state index in [0.29, 0.717) is 18.7 Å². The smallest absolute Gasteiger partial charge is 0.249 e. The van der Waals surface area contributed by atoms with Crippen LogP contribution < -0.4 is 11.1 Å². The lowest BCUT2D eigenvalue weighted by atomic mass is 9.91. The lowest BCUT2D eigenvalue weighted by Crippen LogP contribution is -2.54. The zero-order valence-corrected chi connectivity index (χ0v) is 12.1. The van der Waals surface area contributed by atoms with Crippen LogP contribution in [0, 0.1) is 11.3 Å². The first-order valence-corrected chi connectivity index (χ1v) is 6.99. The number of nitrogens with zero attached hydrogens (tertiary/aromatic N) is 2. The zero-order chi connectivity index (χ0) is 16.2. The lowest BCUT2D eigenvalue weighted by molar-refractivity contribution is -0.146. The first-order valence-electron chi connectivity index (χ1n) is 6.99. The highest BCUT2D eigenvalue weighted by Gasteiger charge is 2.38. The van der Waals surface area contributed by atoms with Crippen LogP contribution in [0.3, 0.4) is 0 Å². The third-order valence-corrected chi connectivity index (χ3v) is 3.86. The highest BCUT2D eigenvalue weighted by Crippen LogP contribution is 2.21. The minimum Gasteiger partial charge on any atom is -0.380 e. The van der Waals surface area contributed by atoms with Crippen LogP contribution in [0.2, 0.25) is 0 Å². The van der Waals surface area contributed by atoms with E-state index in [0.717, 1.165) is 5.69 Å². The number of amides is 2. The molecule has 2 rings (SSSR count). The van der Waals surface area contributed by atoms with Gasteiger partial charge >= 0.3 is 0 Å². The Bertz CT molecular complexity index is 598. The van der Waals surface area contributed by atoms with E-state index in [9.17, 15) is 14.7 Å². The van der Waals surface area contributed by atoms with Crippen LogP contribution in [0.5, 0.6) is 0 Å². The zero-order valence-electron chi connectivity index (χ0n) is 12.1. The fourth-order valence-corrected chi connectivity index (χ4v) is 2.32. The second-order valence-electron chi connectivity index (χ2n) is 5.32. The van der Waals surface area contributed by atoms with Gasteiger partial charge in [0.25, 0.3) is 0 Å². The predicted molar refractivity (Wildman–Crippen MR) is 79.6 cm³/mol. The molecular formula is C15H18N4O3. The molecule has 1 aliphatic rings. The molecule has 0 aliphatic carbocycles. The number of carbonyl (C=O) groups is 2. The molecular weight excluding hydrogens is 284 g/mol. The molecule has 7 heteroatoms. The van der Waals surface area contributed by atoms with Crippen molar-refractivity contribution in [1.82, 2.24) is 4.90 Å². The van der Waals surface area contributed by atoms with Crippen LogP contribution in [0.15, 0.2) is 24.3 Å². The summed E-state index contributed by atoms with van der Waals surface area (Å²) in [5.74, 6) is -0.855. The minimum absolute atomic E-state index is 0.112. The van der Waals surface area contributed by atoms with Crippen molar-refractivity contribution in [2.45, 2.75) is 18.4 Å². The number of likely N-dealkylation sites (tertiary alicyclic amines) is 1. The van der Waals surface area contributed by atoms with Crippen molar-refractivity contribution < 1.29 is 14.7 Å². The predicted octanol–water partition coefficient (Wildman–Crippen LogP) is -0.191. The standard InChI is InChI=1S/C15H18N4O3/c16-9-11-1-3-12(4-2-11)18-10-13(20)19-7-5-15(22,6-8-19)14(17)21/h1-4,18,22H,5-8,10H2,(H2,17,21). The normalized spacial score (nSPS) is 16.6. The molecule has 1 aromatic rings. The van der Waals surface area contributed by atoms with Crippen molar-refractivity contribution in [2.75, 3.05) is 25.0 Å². The molecule has 7 nitrogen and oxygen atoms in total. The summed E-state index contributed by atoms with van der Waals surface area (Å²) >= 11 is 0. The Labute approximate surface area is 128 Å². The van der Waals surface area contributed by atoms with E-state index in [1.54, 1.807) is 29.2 Å². The summed E-state index contributed by atoms with van der Waals surface area (Å²) in [5.41, 5.74) is 4.95. The van der Waals surface area contributed by atoms with Gasteiger partial charge in [0.1, 0.15) is 5.60 Å². The van der Waals surface area contributed by atoms with E-state index in [2.05, 4.69) is 5.32 Å². The third kappa shape index (κ3) is 3.54. The van der Waals surface area contributed by atoms with E-state index in [4.69, 9.17) is 11.0 Å². The summed E-state index contributed by atoms with van der Waals surface area (Å²) in [4.78, 5) is 24.8. The Morgan fingerprint density at radius 2 is 1.91 bits per heavy atom. The molecule has 4 N–H and O–H groups in total. The van der Waals surface area contributed by atoms with Crippen molar-refractivity contribution in [3.8, 4) is 6.07 Å². The summed E-state index contributed by atoms with van der Waals surface area (Å²) < 4.78 is 0. The van der Waals surface area contributed by atoms with Crippen molar-refractivity contribution in [3.05, 3.63) is 29.8 Å². The summed E-state index contributed by atoms with van der Waals surface area (Å²) in [6.07, 6.45) is 0.315. The first kappa shape index (κ1) is 15.8. The summed E-state index contributed by atoms with van der Waals surface area (Å²) in [5, 5.41) is 21.6. The molecule has 116 valence electrons. The highest BCUT2D eigenvalue weighted by molar-refractivity contribution is 5.84. The maximum absolute atomic E-state index is 12.1. The van der Waals surface area contributed by atoms with Gasteiger partial charge in [0.15, 0.2) is 0 Å². The molecule has 22 heavy (non-hydrogen) atoms. The maximum atomic E-state index is 12.1. The largest absolute Gasteiger partial charge is 0.380 e. The van der Waals surface area contributed by atoms with Gasteiger partial charge in [-0.25, -0.2) is 0 Å². The van der Waals surface area contributed by atoms with Gasteiger partial charge in [0.05, 0.1) is 18.2 Å². The molecule has 0 bridgehead atoms. The summed E-state index contributed by atoms with van der Waals surface area (Å²) in [6.45, 7) is 0.710. The molecule has 0 spiro atoms. The van der Waals surface area contributed by atoms with E-state index in [1.165, 1.54) is 0 Å². The Morgan fingerprint density at radius 3 is 2.41 bits per heavy atom. The third-order valence-electron chi connectivity index (χ3n) is 3.86. The summed E-state index contributed by atoms with van der Waals surface area (Å²) in [6, 6.07) is 8.82. The van der Waals surface area contributed by atoms with Crippen LogP contribution in [0.1, 0.15) is 18.4 Å². The second-order valence-corrected chi connectivity index (χ2v) is 5.32. The average molecular weight is 302 g/mol. The van der Waals surface area contributed by atoms with Gasteiger partial charge in [-0.1, -0.05) is 0 Å². The van der Waals surface area contributed by atoms with E-state index in [1.807, 2.05) is 6.07 Å². The fourth-order valence-electron chi connectivity index (χ4n) is 2.32. The number of nitrogens with one attached hydrogen (secondary N) is 1. The van der Waals surface area contributed by atoms with Crippen LogP contribution in [-0.2, 0) is 9.59 Å². The van der Waals surface area contributed by atoms with E-state index >= 15 is 0 Å². The molecule has 1 saturated heterocycles. The molecule has 0 unspecified atom stereocenters. The van der Waals surface area contributed by atoms with Gasteiger partial charge < -0.3 is 21.1 Å². The van der Waals surface area contributed by atoms with Gasteiger partial charge in [-0.2, -0.15) is 5.26 Å². The van der Waals surface area contributed by atoms with Gasteiger partial charge in [-0.05, 0) is 24.3 Å². The van der Waals surface area contributed by atoms with Crippen LogP contribution >= 0.6 is 0 Å². The highest BCUT2D eigenvalue weighted by atomic mass is 16.3. The minimum atomic E-state index is -1.50. The van der Waals surface area contributed by atoms with Crippen molar-refractivity contribution in [1.29, 1.82) is 5.26 Å². The van der Waals surface area contributed by atoms with Gasteiger partial charge in [0, 0.05) is 31.6 Å². The number of anilines is 1. The van der Waals surface area contributed by atoms with Gasteiger partial charge in [0.2, 0.25) is 11.8 Å². The molecule has 1 aliphatic heterocycles. The number of benzene rings is 1. The van der Waals surface area contributed by atoms with Gasteiger partial charge in [-0.3, -0.25) is 9.59 Å². The van der Waals surface area contributed by atoms with Crippen LogP contribution in [-0.4, -0.2) is 47.1 Å². The molecule has 2 amide bonds. The van der Waals surface area contributed by atoms with Crippen molar-refractivity contribution in [3.63, 3.8) is 0 Å². The number of hydrogen-bond acceptors (Lipinski definition) is 5. The molecule has 0 aromatic heterocycles. The van der Waals surface area contributed by atoms with Crippen LogP contribution in [0.4, 0.5) is 5.69 Å². The number of piperidine rings is 1. The quantitative estimate of drug-likeness (QED) is 0.712. The second kappa shape index (κ2) is 6.45. The van der Waals surface area contributed by atoms with Gasteiger partial charge in [-0.15, -0.1) is 0 Å². The molecule has 1 aromatic carbocycles. The Morgan fingerprint density at radius 1 is 1.32 bits per heavy atom. The molecule has 0 atom stereocenters. The van der Waals surface area contributed by atoms with Crippen molar-refractivity contribution >= 4 is 17.5 Å². The molecule has 1 fully saturated rings. The monoisotopic (exact) mass is 302 g/mol. The molecule has 1 heterocycles. The van der Waals surface area contributed by atoms with Crippen LogP contribution in [0.25, 0.3) is 0 Å². The number of primary amides is 1. The molecule has 0 saturated carbocycles. The number of nitrogens with two attached hydrogens (primary N) is 1. The van der Waals surface area contributed by atoms with E-state index < -0.39 is 11.5 Å².